The summed E-state index contributed by atoms with van der Waals surface area (Å²) in [6, 6.07) is -1.50. The lowest BCUT2D eigenvalue weighted by Crippen LogP contribution is -2.57. The number of primary amides is 1. The van der Waals surface area contributed by atoms with E-state index in [4.69, 9.17) is 15.6 Å². The van der Waals surface area contributed by atoms with E-state index in [2.05, 4.69) is 5.32 Å². The van der Waals surface area contributed by atoms with Gasteiger partial charge in [-0.2, -0.15) is 0 Å². The van der Waals surface area contributed by atoms with Crippen LogP contribution in [0.4, 0.5) is 4.79 Å². The Balaban J connectivity index is 1.94. The summed E-state index contributed by atoms with van der Waals surface area (Å²) in [5.74, 6) is -1.75. The van der Waals surface area contributed by atoms with E-state index in [1.54, 1.807) is 4.90 Å². The van der Waals surface area contributed by atoms with Crippen LogP contribution in [0.3, 0.4) is 0 Å². The van der Waals surface area contributed by atoms with E-state index in [0.29, 0.717) is 13.2 Å². The third-order valence-corrected chi connectivity index (χ3v) is 4.02. The van der Waals surface area contributed by atoms with E-state index in [1.165, 1.54) is 0 Å². The van der Waals surface area contributed by atoms with Crippen LogP contribution in [-0.4, -0.2) is 59.3 Å². The summed E-state index contributed by atoms with van der Waals surface area (Å²) < 4.78 is 5.61. The van der Waals surface area contributed by atoms with Crippen molar-refractivity contribution in [3.05, 3.63) is 0 Å². The largest absolute Gasteiger partial charge is 0.480 e. The Morgan fingerprint density at radius 3 is 2.81 bits per heavy atom. The molecule has 1 aliphatic heterocycles. The fourth-order valence-electron chi connectivity index (χ4n) is 2.95. The highest BCUT2D eigenvalue weighted by Crippen LogP contribution is 2.29. The number of hydrogen-bond donors (Lipinski definition) is 3. The number of hydrogen-bond acceptors (Lipinski definition) is 4. The van der Waals surface area contributed by atoms with Crippen molar-refractivity contribution < 1.29 is 24.2 Å². The molecule has 0 spiro atoms. The van der Waals surface area contributed by atoms with Gasteiger partial charge in [0.05, 0.1) is 18.8 Å². The van der Waals surface area contributed by atoms with Crippen molar-refractivity contribution >= 4 is 17.9 Å². The fourth-order valence-corrected chi connectivity index (χ4v) is 2.95. The summed E-state index contributed by atoms with van der Waals surface area (Å²) >= 11 is 0. The van der Waals surface area contributed by atoms with Crippen molar-refractivity contribution in [3.63, 3.8) is 0 Å². The molecule has 0 aromatic carbocycles. The third-order valence-electron chi connectivity index (χ3n) is 4.02. The van der Waals surface area contributed by atoms with Gasteiger partial charge in [0.25, 0.3) is 0 Å². The molecule has 8 nitrogen and oxygen atoms in total. The molecule has 1 aliphatic carbocycles. The standard InChI is InChI=1S/C13H21N3O5/c14-11(17)5-4-8(12(18)19)15-13(20)16-6-7-21-10-3-1-2-9(10)16/h8-10H,1-7H2,(H2,14,17)(H,15,20)(H,18,19)/t8-,9?,10?/m1/s1. The zero-order valence-electron chi connectivity index (χ0n) is 11.8. The van der Waals surface area contributed by atoms with Crippen molar-refractivity contribution in [2.75, 3.05) is 13.2 Å². The van der Waals surface area contributed by atoms with E-state index < -0.39 is 23.9 Å². The van der Waals surface area contributed by atoms with E-state index >= 15 is 0 Å². The van der Waals surface area contributed by atoms with Crippen LogP contribution in [0.25, 0.3) is 0 Å². The SMILES string of the molecule is NC(=O)CC[C@@H](NC(=O)N1CCOC2CCCC21)C(=O)O. The quantitative estimate of drug-likeness (QED) is 0.641. The van der Waals surface area contributed by atoms with Gasteiger partial charge in [-0.15, -0.1) is 0 Å². The molecule has 0 radical (unpaired) electrons. The number of ether oxygens (including phenoxy) is 1. The summed E-state index contributed by atoms with van der Waals surface area (Å²) in [4.78, 5) is 35.8. The van der Waals surface area contributed by atoms with Gasteiger partial charge >= 0.3 is 12.0 Å². The van der Waals surface area contributed by atoms with Crippen LogP contribution in [-0.2, 0) is 14.3 Å². The van der Waals surface area contributed by atoms with E-state index in [1.807, 2.05) is 0 Å². The van der Waals surface area contributed by atoms with Crippen LogP contribution in [0.5, 0.6) is 0 Å². The minimum absolute atomic E-state index is 0.00512. The molecule has 1 saturated heterocycles. The first-order chi connectivity index (χ1) is 9.99. The average Bonchev–Trinajstić information content (AvgIpc) is 2.90. The molecule has 0 bridgehead atoms. The maximum absolute atomic E-state index is 12.3. The second kappa shape index (κ2) is 6.75. The molecule has 118 valence electrons. The molecule has 8 heteroatoms. The second-order valence-electron chi connectivity index (χ2n) is 5.45. The number of urea groups is 1. The Labute approximate surface area is 122 Å². The van der Waals surface area contributed by atoms with Crippen molar-refractivity contribution in [1.82, 2.24) is 10.2 Å². The smallest absolute Gasteiger partial charge is 0.326 e. The van der Waals surface area contributed by atoms with Gasteiger partial charge in [0, 0.05) is 13.0 Å². The topological polar surface area (TPSA) is 122 Å². The van der Waals surface area contributed by atoms with Crippen LogP contribution < -0.4 is 11.1 Å². The lowest BCUT2D eigenvalue weighted by atomic mass is 10.1. The van der Waals surface area contributed by atoms with Crippen molar-refractivity contribution in [2.24, 2.45) is 5.73 Å². The molecule has 21 heavy (non-hydrogen) atoms. The molecule has 2 rings (SSSR count). The lowest BCUT2D eigenvalue weighted by Gasteiger charge is -2.38. The molecule has 3 amide bonds. The molecule has 4 N–H and O–H groups in total. The van der Waals surface area contributed by atoms with Crippen LogP contribution in [0.2, 0.25) is 0 Å². The van der Waals surface area contributed by atoms with Gasteiger partial charge in [-0.1, -0.05) is 0 Å². The minimum Gasteiger partial charge on any atom is -0.480 e. The molecule has 2 aliphatic rings. The van der Waals surface area contributed by atoms with Gasteiger partial charge < -0.3 is 25.8 Å². The highest BCUT2D eigenvalue weighted by atomic mass is 16.5. The maximum atomic E-state index is 12.3. The first-order valence-corrected chi connectivity index (χ1v) is 7.19. The van der Waals surface area contributed by atoms with E-state index in [0.717, 1.165) is 19.3 Å². The van der Waals surface area contributed by atoms with Crippen LogP contribution in [0.15, 0.2) is 0 Å². The number of fused-ring (bicyclic) bond motifs is 1. The number of carboxylic acids is 1. The number of amides is 3. The summed E-state index contributed by atoms with van der Waals surface area (Å²) in [6.45, 7) is 0.919. The summed E-state index contributed by atoms with van der Waals surface area (Å²) in [5.41, 5.74) is 5.01. The van der Waals surface area contributed by atoms with Crippen LogP contribution >= 0.6 is 0 Å². The molecule has 0 aromatic rings. The van der Waals surface area contributed by atoms with Gasteiger partial charge in [0.15, 0.2) is 0 Å². The molecular weight excluding hydrogens is 278 g/mol. The Bertz CT molecular complexity index is 428. The van der Waals surface area contributed by atoms with Crippen molar-refractivity contribution in [3.8, 4) is 0 Å². The Morgan fingerprint density at radius 2 is 2.14 bits per heavy atom. The lowest BCUT2D eigenvalue weighted by molar-refractivity contribution is -0.139. The number of carbonyl (C=O) groups is 3. The number of morpholine rings is 1. The number of nitrogens with two attached hydrogens (primary N) is 1. The molecular formula is C13H21N3O5. The Morgan fingerprint density at radius 1 is 1.38 bits per heavy atom. The number of carboxylic acid groups (broad SMARTS) is 1. The molecule has 1 saturated carbocycles. The zero-order valence-corrected chi connectivity index (χ0v) is 11.8. The van der Waals surface area contributed by atoms with E-state index in [-0.39, 0.29) is 25.0 Å². The second-order valence-corrected chi connectivity index (χ2v) is 5.45. The van der Waals surface area contributed by atoms with Gasteiger partial charge in [-0.25, -0.2) is 9.59 Å². The molecule has 2 fully saturated rings. The summed E-state index contributed by atoms with van der Waals surface area (Å²) in [5, 5.41) is 11.6. The Kier molecular flexibility index (Phi) is 5.00. The highest BCUT2D eigenvalue weighted by molar-refractivity contribution is 5.83. The summed E-state index contributed by atoms with van der Waals surface area (Å²) in [6.07, 6.45) is 2.78. The first-order valence-electron chi connectivity index (χ1n) is 7.19. The Hall–Kier alpha value is -1.83. The first kappa shape index (κ1) is 15.6. The number of carbonyl (C=O) groups excluding carboxylic acids is 2. The number of rotatable bonds is 5. The van der Waals surface area contributed by atoms with Crippen LogP contribution in [0, 0.1) is 0 Å². The van der Waals surface area contributed by atoms with Crippen molar-refractivity contribution in [2.45, 2.75) is 50.3 Å². The molecule has 0 aromatic heterocycles. The van der Waals surface area contributed by atoms with Gasteiger partial charge in [0.1, 0.15) is 6.04 Å². The summed E-state index contributed by atoms with van der Waals surface area (Å²) in [7, 11) is 0. The number of nitrogens with one attached hydrogen (secondary N) is 1. The molecule has 3 atom stereocenters. The third kappa shape index (κ3) is 3.84. The number of nitrogens with zero attached hydrogens (tertiary/aromatic N) is 1. The van der Waals surface area contributed by atoms with Gasteiger partial charge in [0.2, 0.25) is 5.91 Å². The minimum atomic E-state index is -1.17. The average molecular weight is 299 g/mol. The molecule has 2 unspecified atom stereocenters. The predicted octanol–water partition coefficient (Wildman–Crippen LogP) is -0.332. The molecule has 1 heterocycles. The van der Waals surface area contributed by atoms with Crippen LogP contribution in [0.1, 0.15) is 32.1 Å². The highest BCUT2D eigenvalue weighted by Gasteiger charge is 2.39. The fraction of sp³-hybridized carbons (Fsp3) is 0.769. The maximum Gasteiger partial charge on any atom is 0.326 e. The van der Waals surface area contributed by atoms with Gasteiger partial charge in [-0.3, -0.25) is 4.79 Å². The number of aliphatic carboxylic acids is 1. The van der Waals surface area contributed by atoms with Gasteiger partial charge in [-0.05, 0) is 25.7 Å². The van der Waals surface area contributed by atoms with Crippen molar-refractivity contribution in [1.29, 1.82) is 0 Å². The predicted molar refractivity (Wildman–Crippen MR) is 72.5 cm³/mol. The zero-order chi connectivity index (χ0) is 15.4. The van der Waals surface area contributed by atoms with E-state index in [9.17, 15) is 14.4 Å². The monoisotopic (exact) mass is 299 g/mol. The normalized spacial score (nSPS) is 26.0.